The molecule has 2 N–H and O–H groups in total. The van der Waals surface area contributed by atoms with Crippen LogP contribution < -0.4 is 20.1 Å². The number of rotatable bonds is 10. The Morgan fingerprint density at radius 2 is 1.67 bits per heavy atom. The number of ether oxygens (including phenoxy) is 2. The van der Waals surface area contributed by atoms with Gasteiger partial charge in [0.1, 0.15) is 11.5 Å². The molecule has 4 aliphatic rings. The van der Waals surface area contributed by atoms with Crippen molar-refractivity contribution in [2.75, 3.05) is 46.9 Å². The Hall–Kier alpha value is -4.94. The largest absolute Gasteiger partial charge is 0.481 e. The Balaban J connectivity index is 1.02. The summed E-state index contributed by atoms with van der Waals surface area (Å²) < 4.78 is 28.0. The molecule has 2 aromatic carbocycles. The van der Waals surface area contributed by atoms with Crippen LogP contribution in [0.15, 0.2) is 48.7 Å². The van der Waals surface area contributed by atoms with Crippen molar-refractivity contribution in [3.63, 3.8) is 0 Å². The fourth-order valence-electron chi connectivity index (χ4n) is 8.57. The van der Waals surface area contributed by atoms with Gasteiger partial charge in [-0.1, -0.05) is 30.3 Å². The standard InChI is InChI=1S/C40H44FN7O4/c1-23-27(7-5-8-28(23)32-15-25-11-13-31(36(25)39(45-32)52-4)42-16-26-12-14-35(50)44-26)29-9-6-10-30(37(29)41)33-17-43-34(38(46-33)51-3)18-47-19-40(20-47)21-48(22-40)24(2)49/h5-10,15,17,26,31,42H,11-14,16,18-22H2,1-4H3,(H,44,50)/t26-,31-/m0/s1. The second kappa shape index (κ2) is 13.6. The van der Waals surface area contributed by atoms with E-state index < -0.39 is 0 Å². The van der Waals surface area contributed by atoms with Crippen LogP contribution in [-0.2, 0) is 22.6 Å². The van der Waals surface area contributed by atoms with Crippen molar-refractivity contribution in [2.24, 2.45) is 5.41 Å². The van der Waals surface area contributed by atoms with Crippen LogP contribution in [0.25, 0.3) is 33.6 Å². The van der Waals surface area contributed by atoms with Gasteiger partial charge in [0, 0.05) is 92.4 Å². The number of benzene rings is 2. The maximum atomic E-state index is 16.5. The summed E-state index contributed by atoms with van der Waals surface area (Å²) in [6.07, 6.45) is 4.84. The summed E-state index contributed by atoms with van der Waals surface area (Å²) in [5.74, 6) is 0.811. The van der Waals surface area contributed by atoms with Crippen molar-refractivity contribution in [3.05, 3.63) is 76.9 Å². The van der Waals surface area contributed by atoms with Crippen LogP contribution in [0, 0.1) is 18.2 Å². The zero-order valence-electron chi connectivity index (χ0n) is 30.1. The summed E-state index contributed by atoms with van der Waals surface area (Å²) in [6.45, 7) is 8.29. The first-order chi connectivity index (χ1) is 25.1. The number of hydrogen-bond donors (Lipinski definition) is 2. The quantitative estimate of drug-likeness (QED) is 0.239. The molecule has 270 valence electrons. The minimum atomic E-state index is -0.386. The average molecular weight is 706 g/mol. The molecule has 3 aliphatic heterocycles. The smallest absolute Gasteiger partial charge is 0.237 e. The summed E-state index contributed by atoms with van der Waals surface area (Å²) in [5.41, 5.74) is 7.69. The van der Waals surface area contributed by atoms with Gasteiger partial charge in [0.25, 0.3) is 0 Å². The molecule has 0 saturated carbocycles. The topological polar surface area (TPSA) is 122 Å². The van der Waals surface area contributed by atoms with Crippen molar-refractivity contribution in [3.8, 4) is 45.4 Å². The maximum Gasteiger partial charge on any atom is 0.237 e. The van der Waals surface area contributed by atoms with E-state index in [1.807, 2.05) is 36.1 Å². The third-order valence-electron chi connectivity index (χ3n) is 11.2. The van der Waals surface area contributed by atoms with Gasteiger partial charge in [-0.15, -0.1) is 0 Å². The van der Waals surface area contributed by atoms with Crippen molar-refractivity contribution < 1.29 is 23.5 Å². The Labute approximate surface area is 303 Å². The SMILES string of the molecule is COc1nc(-c2cccc(-c3cccc(-c4cc5c(c(OC)n4)[C@@H](NC[C@@H]4CCC(=O)N4)CC5)c3C)c2F)cnc1CN1CC2(C1)CN(C(C)=O)C2. The van der Waals surface area contributed by atoms with Crippen molar-refractivity contribution in [1.82, 2.24) is 35.4 Å². The number of amides is 2. The Kier molecular flexibility index (Phi) is 8.91. The van der Waals surface area contributed by atoms with Crippen molar-refractivity contribution >= 4 is 11.8 Å². The van der Waals surface area contributed by atoms with Gasteiger partial charge in [0.05, 0.1) is 31.8 Å². The van der Waals surface area contributed by atoms with Gasteiger partial charge >= 0.3 is 0 Å². The molecule has 4 aromatic rings. The number of carbonyl (C=O) groups is 2. The monoisotopic (exact) mass is 705 g/mol. The first-order valence-electron chi connectivity index (χ1n) is 18.0. The predicted molar refractivity (Wildman–Crippen MR) is 194 cm³/mol. The number of aromatic nitrogens is 3. The number of likely N-dealkylation sites (tertiary alicyclic amines) is 2. The third-order valence-corrected chi connectivity index (χ3v) is 11.2. The lowest BCUT2D eigenvalue weighted by Crippen LogP contribution is -2.72. The molecule has 1 aliphatic carbocycles. The van der Waals surface area contributed by atoms with Crippen LogP contribution in [0.2, 0.25) is 0 Å². The third kappa shape index (κ3) is 6.17. The van der Waals surface area contributed by atoms with Gasteiger partial charge < -0.3 is 25.0 Å². The van der Waals surface area contributed by atoms with Crippen LogP contribution in [0.4, 0.5) is 4.39 Å². The van der Waals surface area contributed by atoms with Crippen LogP contribution in [0.3, 0.4) is 0 Å². The highest BCUT2D eigenvalue weighted by atomic mass is 19.1. The number of halogens is 1. The van der Waals surface area contributed by atoms with E-state index >= 15 is 4.39 Å². The second-order valence-corrected chi connectivity index (χ2v) is 14.8. The average Bonchev–Trinajstić information content (AvgIpc) is 3.73. The van der Waals surface area contributed by atoms with E-state index in [9.17, 15) is 9.59 Å². The van der Waals surface area contributed by atoms with Crippen LogP contribution >= 0.6 is 0 Å². The fraction of sp³-hybridized carbons (Fsp3) is 0.425. The summed E-state index contributed by atoms with van der Waals surface area (Å²) in [6, 6.07) is 13.6. The molecule has 3 fully saturated rings. The van der Waals surface area contributed by atoms with Crippen molar-refractivity contribution in [1.29, 1.82) is 0 Å². The number of methoxy groups -OCH3 is 2. The molecule has 8 rings (SSSR count). The molecule has 0 unspecified atom stereocenters. The lowest BCUT2D eigenvalue weighted by Gasteiger charge is -2.60. The van der Waals surface area contributed by atoms with E-state index in [0.29, 0.717) is 53.8 Å². The lowest BCUT2D eigenvalue weighted by molar-refractivity contribution is -0.157. The first kappa shape index (κ1) is 34.2. The van der Waals surface area contributed by atoms with E-state index in [1.54, 1.807) is 39.5 Å². The van der Waals surface area contributed by atoms with Gasteiger partial charge in [-0.05, 0) is 55.0 Å². The van der Waals surface area contributed by atoms with E-state index in [4.69, 9.17) is 19.4 Å². The number of nitrogens with one attached hydrogen (secondary N) is 2. The molecule has 0 bridgehead atoms. The molecule has 11 nitrogen and oxygen atoms in total. The molecule has 12 heteroatoms. The van der Waals surface area contributed by atoms with Gasteiger partial charge in [-0.25, -0.2) is 14.4 Å². The highest BCUT2D eigenvalue weighted by Crippen LogP contribution is 2.43. The van der Waals surface area contributed by atoms with Gasteiger partial charge in [-0.2, -0.15) is 0 Å². The maximum absolute atomic E-state index is 16.5. The lowest BCUT2D eigenvalue weighted by atomic mass is 9.73. The molecule has 3 saturated heterocycles. The number of hydrogen-bond acceptors (Lipinski definition) is 9. The second-order valence-electron chi connectivity index (χ2n) is 14.8. The highest BCUT2D eigenvalue weighted by molar-refractivity contribution is 5.81. The Bertz CT molecular complexity index is 2060. The van der Waals surface area contributed by atoms with E-state index in [2.05, 4.69) is 26.6 Å². The molecule has 52 heavy (non-hydrogen) atoms. The molecule has 0 radical (unpaired) electrons. The molecule has 2 aromatic heterocycles. The Morgan fingerprint density at radius 3 is 2.38 bits per heavy atom. The number of fused-ring (bicyclic) bond motifs is 1. The molecule has 1 spiro atoms. The number of carbonyl (C=O) groups excluding carboxylic acids is 2. The normalized spacial score (nSPS) is 20.3. The van der Waals surface area contributed by atoms with Gasteiger partial charge in [0.15, 0.2) is 0 Å². The zero-order chi connectivity index (χ0) is 36.1. The molecular formula is C40H44FN7O4. The fourth-order valence-corrected chi connectivity index (χ4v) is 8.57. The zero-order valence-corrected chi connectivity index (χ0v) is 30.1. The van der Waals surface area contributed by atoms with Gasteiger partial charge in [-0.3, -0.25) is 19.5 Å². The van der Waals surface area contributed by atoms with Crippen LogP contribution in [-0.4, -0.2) is 89.6 Å². The highest BCUT2D eigenvalue weighted by Gasteiger charge is 2.52. The van der Waals surface area contributed by atoms with Crippen LogP contribution in [0.5, 0.6) is 11.8 Å². The first-order valence-corrected chi connectivity index (χ1v) is 18.0. The number of nitrogens with zero attached hydrogens (tertiary/aromatic N) is 5. The number of aryl methyl sites for hydroxylation is 1. The van der Waals surface area contributed by atoms with E-state index in [-0.39, 0.29) is 35.1 Å². The van der Waals surface area contributed by atoms with Crippen LogP contribution in [0.1, 0.15) is 54.6 Å². The van der Waals surface area contributed by atoms with E-state index in [1.165, 1.54) is 5.56 Å². The van der Waals surface area contributed by atoms with Gasteiger partial charge in [0.2, 0.25) is 23.6 Å². The number of pyridine rings is 1. The Morgan fingerprint density at radius 1 is 0.962 bits per heavy atom. The summed E-state index contributed by atoms with van der Waals surface area (Å²) in [5, 5.41) is 6.66. The summed E-state index contributed by atoms with van der Waals surface area (Å²) >= 11 is 0. The van der Waals surface area contributed by atoms with Crippen molar-refractivity contribution in [2.45, 2.75) is 58.2 Å². The minimum absolute atomic E-state index is 0.0966. The minimum Gasteiger partial charge on any atom is -0.481 e. The molecule has 5 heterocycles. The molecule has 2 atom stereocenters. The molecular weight excluding hydrogens is 661 g/mol. The summed E-state index contributed by atoms with van der Waals surface area (Å²) in [7, 11) is 3.20. The summed E-state index contributed by atoms with van der Waals surface area (Å²) in [4.78, 5) is 41.8. The predicted octanol–water partition coefficient (Wildman–Crippen LogP) is 4.86. The van der Waals surface area contributed by atoms with E-state index in [0.717, 1.165) is 73.4 Å². The molecule has 2 amide bonds.